The Hall–Kier alpha value is -1.32. The molecule has 2 atom stereocenters. The van der Waals surface area contributed by atoms with E-state index in [0.29, 0.717) is 0 Å². The topological polar surface area (TPSA) is 55.4 Å². The highest BCUT2D eigenvalue weighted by molar-refractivity contribution is 5.86. The molecule has 0 radical (unpaired) electrons. The second kappa shape index (κ2) is 6.03. The van der Waals surface area contributed by atoms with E-state index in [4.69, 9.17) is 4.74 Å². The highest BCUT2D eigenvalue weighted by Crippen LogP contribution is 2.23. The third-order valence-electron chi connectivity index (χ3n) is 3.23. The molecule has 1 aliphatic carbocycles. The van der Waals surface area contributed by atoms with Gasteiger partial charge in [-0.1, -0.05) is 32.9 Å². The third kappa shape index (κ3) is 3.86. The van der Waals surface area contributed by atoms with Gasteiger partial charge in [0.15, 0.2) is 0 Å². The van der Waals surface area contributed by atoms with Crippen LogP contribution >= 0.6 is 0 Å². The molecule has 1 amide bonds. The first kappa shape index (κ1) is 14.7. The zero-order chi connectivity index (χ0) is 13.8. The third-order valence-corrected chi connectivity index (χ3v) is 3.23. The molecule has 4 heteroatoms. The summed E-state index contributed by atoms with van der Waals surface area (Å²) in [6.45, 7) is 5.74. The van der Waals surface area contributed by atoms with Crippen molar-refractivity contribution in [2.75, 3.05) is 7.11 Å². The summed E-state index contributed by atoms with van der Waals surface area (Å²) in [5.41, 5.74) is -0.354. The number of methoxy groups -OCH3 is 1. The smallest absolute Gasteiger partial charge is 0.328 e. The van der Waals surface area contributed by atoms with Gasteiger partial charge in [-0.25, -0.2) is 4.79 Å². The van der Waals surface area contributed by atoms with Gasteiger partial charge in [-0.2, -0.15) is 0 Å². The van der Waals surface area contributed by atoms with Crippen LogP contribution in [-0.2, 0) is 14.3 Å². The van der Waals surface area contributed by atoms with Crippen molar-refractivity contribution >= 4 is 11.9 Å². The monoisotopic (exact) mass is 253 g/mol. The van der Waals surface area contributed by atoms with Crippen LogP contribution in [0.25, 0.3) is 0 Å². The quantitative estimate of drug-likeness (QED) is 0.618. The van der Waals surface area contributed by atoms with Crippen LogP contribution < -0.4 is 5.32 Å². The van der Waals surface area contributed by atoms with Gasteiger partial charge in [-0.15, -0.1) is 0 Å². The van der Waals surface area contributed by atoms with Crippen LogP contribution in [0.2, 0.25) is 0 Å². The van der Waals surface area contributed by atoms with E-state index < -0.39 is 6.04 Å². The predicted octanol–water partition coefficient (Wildman–Crippen LogP) is 2.05. The average Bonchev–Trinajstić information content (AvgIpc) is 2.34. The first-order valence-electron chi connectivity index (χ1n) is 6.39. The Kier molecular flexibility index (Phi) is 4.93. The lowest BCUT2D eigenvalue weighted by atomic mass is 9.85. The number of ether oxygens (including phenoxy) is 1. The van der Waals surface area contributed by atoms with Gasteiger partial charge in [-0.05, 0) is 24.7 Å². The molecular weight excluding hydrogens is 230 g/mol. The van der Waals surface area contributed by atoms with E-state index in [1.54, 1.807) is 0 Å². The van der Waals surface area contributed by atoms with E-state index in [0.717, 1.165) is 19.3 Å². The number of hydrogen-bond donors (Lipinski definition) is 1. The maximum atomic E-state index is 12.1. The normalized spacial score (nSPS) is 21.2. The summed E-state index contributed by atoms with van der Waals surface area (Å²) in [6.07, 6.45) is 6.64. The number of rotatable bonds is 3. The summed E-state index contributed by atoms with van der Waals surface area (Å²) >= 11 is 0. The summed E-state index contributed by atoms with van der Waals surface area (Å²) in [5, 5.41) is 2.83. The lowest BCUT2D eigenvalue weighted by Crippen LogP contribution is -2.51. The van der Waals surface area contributed by atoms with Crippen molar-refractivity contribution in [1.82, 2.24) is 5.32 Å². The van der Waals surface area contributed by atoms with Crippen LogP contribution in [0.4, 0.5) is 0 Å². The lowest BCUT2D eigenvalue weighted by molar-refractivity contribution is -0.148. The predicted molar refractivity (Wildman–Crippen MR) is 69.9 cm³/mol. The van der Waals surface area contributed by atoms with Crippen molar-refractivity contribution in [3.63, 3.8) is 0 Å². The summed E-state index contributed by atoms with van der Waals surface area (Å²) in [5.74, 6) is -0.462. The Morgan fingerprint density at radius 2 is 2.00 bits per heavy atom. The van der Waals surface area contributed by atoms with E-state index in [-0.39, 0.29) is 23.2 Å². The molecule has 0 unspecified atom stereocenters. The Morgan fingerprint density at radius 3 is 2.44 bits per heavy atom. The van der Waals surface area contributed by atoms with Gasteiger partial charge in [0.1, 0.15) is 6.04 Å². The Labute approximate surface area is 109 Å². The Morgan fingerprint density at radius 1 is 1.33 bits per heavy atom. The van der Waals surface area contributed by atoms with Crippen LogP contribution in [0, 0.1) is 11.3 Å². The van der Waals surface area contributed by atoms with Gasteiger partial charge < -0.3 is 10.1 Å². The molecule has 1 aliphatic rings. The molecule has 0 aromatic heterocycles. The van der Waals surface area contributed by atoms with Crippen LogP contribution in [0.15, 0.2) is 12.2 Å². The van der Waals surface area contributed by atoms with Crippen molar-refractivity contribution in [2.45, 2.75) is 46.1 Å². The minimum atomic E-state index is -0.596. The number of carbonyl (C=O) groups is 2. The fraction of sp³-hybridized carbons (Fsp3) is 0.714. The zero-order valence-corrected chi connectivity index (χ0v) is 11.7. The van der Waals surface area contributed by atoms with E-state index in [9.17, 15) is 9.59 Å². The molecule has 1 rings (SSSR count). The molecular formula is C14H23NO3. The summed E-state index contributed by atoms with van der Waals surface area (Å²) < 4.78 is 4.76. The van der Waals surface area contributed by atoms with E-state index in [1.165, 1.54) is 7.11 Å². The minimum absolute atomic E-state index is 0.0236. The van der Waals surface area contributed by atoms with Crippen LogP contribution in [-0.4, -0.2) is 25.0 Å². The molecule has 0 bridgehead atoms. The molecule has 0 aromatic rings. The molecule has 0 aliphatic heterocycles. The van der Waals surface area contributed by atoms with E-state index in [1.807, 2.05) is 26.8 Å². The van der Waals surface area contributed by atoms with Gasteiger partial charge in [0, 0.05) is 5.92 Å². The lowest BCUT2D eigenvalue weighted by Gasteiger charge is -2.30. The largest absolute Gasteiger partial charge is 0.467 e. The first-order chi connectivity index (χ1) is 8.36. The Balaban J connectivity index is 2.68. The molecule has 0 saturated carbocycles. The van der Waals surface area contributed by atoms with Crippen LogP contribution in [0.3, 0.4) is 0 Å². The number of carbonyl (C=O) groups excluding carboxylic acids is 2. The first-order valence-corrected chi connectivity index (χ1v) is 6.39. The molecule has 18 heavy (non-hydrogen) atoms. The second-order valence-corrected chi connectivity index (χ2v) is 5.81. The molecule has 0 spiro atoms. The zero-order valence-electron chi connectivity index (χ0n) is 11.7. The molecule has 0 aromatic carbocycles. The molecule has 1 N–H and O–H groups in total. The van der Waals surface area contributed by atoms with Crippen molar-refractivity contribution in [3.8, 4) is 0 Å². The van der Waals surface area contributed by atoms with Crippen molar-refractivity contribution in [3.05, 3.63) is 12.2 Å². The minimum Gasteiger partial charge on any atom is -0.467 e. The summed E-state index contributed by atoms with van der Waals surface area (Å²) in [6, 6.07) is -0.596. The number of esters is 1. The van der Waals surface area contributed by atoms with Gasteiger partial charge in [0.25, 0.3) is 0 Å². The van der Waals surface area contributed by atoms with E-state index in [2.05, 4.69) is 11.4 Å². The fourth-order valence-electron chi connectivity index (χ4n) is 2.04. The number of amides is 1. The summed E-state index contributed by atoms with van der Waals surface area (Å²) in [4.78, 5) is 23.8. The maximum Gasteiger partial charge on any atom is 0.328 e. The number of nitrogens with one attached hydrogen (secondary N) is 1. The van der Waals surface area contributed by atoms with Crippen molar-refractivity contribution < 1.29 is 14.3 Å². The number of allylic oxidation sites excluding steroid dienone is 2. The highest BCUT2D eigenvalue weighted by Gasteiger charge is 2.35. The molecule has 0 saturated heterocycles. The molecule has 0 heterocycles. The maximum absolute atomic E-state index is 12.1. The Bertz CT molecular complexity index is 341. The molecule has 102 valence electrons. The van der Waals surface area contributed by atoms with Gasteiger partial charge >= 0.3 is 5.97 Å². The summed E-state index contributed by atoms with van der Waals surface area (Å²) in [7, 11) is 1.34. The van der Waals surface area contributed by atoms with E-state index >= 15 is 0 Å². The van der Waals surface area contributed by atoms with Crippen molar-refractivity contribution in [1.29, 1.82) is 0 Å². The molecule has 0 fully saturated rings. The van der Waals surface area contributed by atoms with Gasteiger partial charge in [0.2, 0.25) is 5.91 Å². The van der Waals surface area contributed by atoms with Crippen molar-refractivity contribution in [2.24, 2.45) is 11.3 Å². The number of hydrogen-bond acceptors (Lipinski definition) is 3. The van der Waals surface area contributed by atoms with Gasteiger partial charge in [-0.3, -0.25) is 4.79 Å². The highest BCUT2D eigenvalue weighted by atomic mass is 16.5. The van der Waals surface area contributed by atoms with Crippen LogP contribution in [0.5, 0.6) is 0 Å². The standard InChI is InChI=1S/C14H23NO3/c1-14(2,3)11(13(17)18-4)15-12(16)10-8-6-5-7-9-10/h5-6,10-11H,7-9H2,1-4H3,(H,15,16)/t10-,11-/m1/s1. The molecule has 4 nitrogen and oxygen atoms in total. The SMILES string of the molecule is COC(=O)[C@@H](NC(=O)[C@@H]1CC=CCC1)C(C)(C)C. The average molecular weight is 253 g/mol. The van der Waals surface area contributed by atoms with Gasteiger partial charge in [0.05, 0.1) is 7.11 Å². The fourth-order valence-corrected chi connectivity index (χ4v) is 2.04. The van der Waals surface area contributed by atoms with Crippen LogP contribution in [0.1, 0.15) is 40.0 Å². The second-order valence-electron chi connectivity index (χ2n) is 5.81.